The topological polar surface area (TPSA) is 78.6 Å². The number of nitrogens with zero attached hydrogens (tertiary/aromatic N) is 1. The second kappa shape index (κ2) is 4.43. The first-order valence-electron chi connectivity index (χ1n) is 4.58. The first kappa shape index (κ1) is 10.3. The number of amides is 2. The molecule has 5 nitrogen and oxygen atoms in total. The van der Waals surface area contributed by atoms with Crippen LogP contribution in [0.25, 0.3) is 0 Å². The molecule has 1 unspecified atom stereocenters. The molecule has 0 radical (unpaired) electrons. The van der Waals surface area contributed by atoms with Crippen LogP contribution in [0.3, 0.4) is 0 Å². The zero-order valence-corrected chi connectivity index (χ0v) is 7.86. The molecule has 0 aromatic rings. The van der Waals surface area contributed by atoms with Gasteiger partial charge >= 0.3 is 6.03 Å². The number of hydrazine groups is 1. The van der Waals surface area contributed by atoms with Crippen molar-refractivity contribution < 1.29 is 9.90 Å². The van der Waals surface area contributed by atoms with Gasteiger partial charge in [0.25, 0.3) is 0 Å². The third kappa shape index (κ3) is 2.57. The average molecular weight is 187 g/mol. The molecule has 1 aliphatic rings. The number of carbonyl (C=O) groups excluding carboxylic acids is 1. The molecule has 0 aromatic heterocycles. The number of carbonyl (C=O) groups is 1. The van der Waals surface area contributed by atoms with Crippen LogP contribution in [0.1, 0.15) is 19.8 Å². The molecule has 0 spiro atoms. The van der Waals surface area contributed by atoms with E-state index in [0.29, 0.717) is 19.0 Å². The second-order valence-corrected chi connectivity index (χ2v) is 3.51. The minimum Gasteiger partial charge on any atom is -0.393 e. The Morgan fingerprint density at radius 3 is 2.54 bits per heavy atom. The van der Waals surface area contributed by atoms with Crippen molar-refractivity contribution in [1.29, 1.82) is 0 Å². The fourth-order valence-electron chi connectivity index (χ4n) is 1.68. The number of nitrogens with two attached hydrogens (primary N) is 1. The number of hydrogen-bond acceptors (Lipinski definition) is 3. The first-order valence-corrected chi connectivity index (χ1v) is 4.58. The number of aliphatic hydroxyl groups excluding tert-OH is 1. The van der Waals surface area contributed by atoms with Crippen LogP contribution in [0.4, 0.5) is 4.79 Å². The molecule has 1 heterocycles. The van der Waals surface area contributed by atoms with Crippen LogP contribution in [-0.2, 0) is 0 Å². The Morgan fingerprint density at radius 1 is 1.62 bits per heavy atom. The Bertz CT molecular complexity index is 176. The van der Waals surface area contributed by atoms with Gasteiger partial charge in [-0.3, -0.25) is 5.43 Å². The summed E-state index contributed by atoms with van der Waals surface area (Å²) in [6.07, 6.45) is 1.43. The minimum atomic E-state index is -0.275. The summed E-state index contributed by atoms with van der Waals surface area (Å²) in [7, 11) is 0. The van der Waals surface area contributed by atoms with Crippen molar-refractivity contribution >= 4 is 6.03 Å². The van der Waals surface area contributed by atoms with Gasteiger partial charge < -0.3 is 10.0 Å². The van der Waals surface area contributed by atoms with E-state index in [1.54, 1.807) is 11.8 Å². The Balaban J connectivity index is 2.34. The largest absolute Gasteiger partial charge is 0.393 e. The first-order chi connectivity index (χ1) is 6.15. The van der Waals surface area contributed by atoms with Crippen LogP contribution in [0.5, 0.6) is 0 Å². The Hall–Kier alpha value is -0.810. The molecule has 1 rings (SSSR count). The molecule has 76 valence electrons. The van der Waals surface area contributed by atoms with Gasteiger partial charge in [-0.05, 0) is 25.7 Å². The van der Waals surface area contributed by atoms with Gasteiger partial charge in [0.05, 0.1) is 6.10 Å². The fourth-order valence-corrected chi connectivity index (χ4v) is 1.68. The summed E-state index contributed by atoms with van der Waals surface area (Å²) in [4.78, 5) is 12.7. The highest BCUT2D eigenvalue weighted by atomic mass is 16.3. The van der Waals surface area contributed by atoms with Crippen molar-refractivity contribution in [3.05, 3.63) is 0 Å². The highest BCUT2D eigenvalue weighted by Crippen LogP contribution is 2.20. The molecule has 0 saturated carbocycles. The standard InChI is InChI=1S/C8H17N3O2/c1-6(12)7-2-4-11(5-3-7)8(13)10-9/h6-7,12H,2-5,9H2,1H3,(H,10,13). The predicted molar refractivity (Wildman–Crippen MR) is 48.7 cm³/mol. The van der Waals surface area contributed by atoms with E-state index in [2.05, 4.69) is 5.43 Å². The molecule has 13 heavy (non-hydrogen) atoms. The molecule has 1 saturated heterocycles. The third-order valence-electron chi connectivity index (χ3n) is 2.63. The Labute approximate surface area is 77.9 Å². The summed E-state index contributed by atoms with van der Waals surface area (Å²) < 4.78 is 0. The van der Waals surface area contributed by atoms with E-state index in [9.17, 15) is 9.90 Å². The molecule has 1 atom stereocenters. The SMILES string of the molecule is CC(O)C1CCN(C(=O)NN)CC1. The normalized spacial score (nSPS) is 21.3. The van der Waals surface area contributed by atoms with Crippen molar-refractivity contribution in [3.8, 4) is 0 Å². The molecular weight excluding hydrogens is 170 g/mol. The van der Waals surface area contributed by atoms with E-state index in [4.69, 9.17) is 5.84 Å². The molecule has 2 amide bonds. The predicted octanol–water partition coefficient (Wildman–Crippen LogP) is -0.337. The number of urea groups is 1. The molecule has 0 aromatic carbocycles. The molecule has 0 bridgehead atoms. The summed E-state index contributed by atoms with van der Waals surface area (Å²) in [5, 5.41) is 9.32. The maximum absolute atomic E-state index is 11.1. The van der Waals surface area contributed by atoms with Crippen LogP contribution >= 0.6 is 0 Å². The van der Waals surface area contributed by atoms with E-state index >= 15 is 0 Å². The summed E-state index contributed by atoms with van der Waals surface area (Å²) in [6.45, 7) is 3.15. The maximum atomic E-state index is 11.1. The van der Waals surface area contributed by atoms with Gasteiger partial charge in [-0.25, -0.2) is 10.6 Å². The molecule has 5 heteroatoms. The van der Waals surface area contributed by atoms with E-state index in [-0.39, 0.29) is 12.1 Å². The fraction of sp³-hybridized carbons (Fsp3) is 0.875. The van der Waals surface area contributed by atoms with E-state index in [1.807, 2.05) is 0 Å². The van der Waals surface area contributed by atoms with Crippen molar-refractivity contribution in [2.75, 3.05) is 13.1 Å². The van der Waals surface area contributed by atoms with E-state index in [1.165, 1.54) is 0 Å². The Morgan fingerprint density at radius 2 is 2.15 bits per heavy atom. The number of piperidine rings is 1. The summed E-state index contributed by atoms with van der Waals surface area (Å²) in [5.74, 6) is 5.33. The zero-order chi connectivity index (χ0) is 9.84. The van der Waals surface area contributed by atoms with Crippen LogP contribution in [0.2, 0.25) is 0 Å². The van der Waals surface area contributed by atoms with Gasteiger partial charge in [0.15, 0.2) is 0 Å². The lowest BCUT2D eigenvalue weighted by molar-refractivity contribution is 0.0799. The van der Waals surface area contributed by atoms with Crippen LogP contribution < -0.4 is 11.3 Å². The molecular formula is C8H17N3O2. The smallest absolute Gasteiger partial charge is 0.331 e. The summed E-state index contributed by atoms with van der Waals surface area (Å²) in [6, 6.07) is -0.232. The quantitative estimate of drug-likeness (QED) is 0.298. The summed E-state index contributed by atoms with van der Waals surface area (Å²) >= 11 is 0. The summed E-state index contributed by atoms with van der Waals surface area (Å²) in [5.41, 5.74) is 2.10. The number of aliphatic hydroxyl groups is 1. The van der Waals surface area contributed by atoms with Gasteiger partial charge in [-0.15, -0.1) is 0 Å². The van der Waals surface area contributed by atoms with E-state index in [0.717, 1.165) is 12.8 Å². The van der Waals surface area contributed by atoms with Crippen molar-refractivity contribution in [1.82, 2.24) is 10.3 Å². The van der Waals surface area contributed by atoms with Gasteiger partial charge in [0.2, 0.25) is 0 Å². The zero-order valence-electron chi connectivity index (χ0n) is 7.86. The molecule has 1 fully saturated rings. The monoisotopic (exact) mass is 187 g/mol. The minimum absolute atomic E-state index is 0.232. The molecule has 0 aliphatic carbocycles. The number of likely N-dealkylation sites (tertiary alicyclic amines) is 1. The number of nitrogens with one attached hydrogen (secondary N) is 1. The van der Waals surface area contributed by atoms with Crippen LogP contribution in [-0.4, -0.2) is 35.2 Å². The van der Waals surface area contributed by atoms with Crippen molar-refractivity contribution in [2.45, 2.75) is 25.9 Å². The highest BCUT2D eigenvalue weighted by molar-refractivity contribution is 5.73. The second-order valence-electron chi connectivity index (χ2n) is 3.51. The average Bonchev–Trinajstić information content (AvgIpc) is 2.17. The maximum Gasteiger partial charge on any atom is 0.331 e. The lowest BCUT2D eigenvalue weighted by atomic mass is 9.92. The lowest BCUT2D eigenvalue weighted by Crippen LogP contribution is -2.47. The lowest BCUT2D eigenvalue weighted by Gasteiger charge is -2.32. The third-order valence-corrected chi connectivity index (χ3v) is 2.63. The van der Waals surface area contributed by atoms with Gasteiger partial charge in [-0.1, -0.05) is 0 Å². The van der Waals surface area contributed by atoms with Crippen LogP contribution in [0.15, 0.2) is 0 Å². The van der Waals surface area contributed by atoms with E-state index < -0.39 is 0 Å². The van der Waals surface area contributed by atoms with Crippen LogP contribution in [0, 0.1) is 5.92 Å². The van der Waals surface area contributed by atoms with Crippen molar-refractivity contribution in [2.24, 2.45) is 11.8 Å². The van der Waals surface area contributed by atoms with Gasteiger partial charge in [-0.2, -0.15) is 0 Å². The molecule has 1 aliphatic heterocycles. The Kier molecular flexibility index (Phi) is 3.50. The highest BCUT2D eigenvalue weighted by Gasteiger charge is 2.24. The molecule has 4 N–H and O–H groups in total. The van der Waals surface area contributed by atoms with Crippen molar-refractivity contribution in [3.63, 3.8) is 0 Å². The number of hydrogen-bond donors (Lipinski definition) is 3. The van der Waals surface area contributed by atoms with Gasteiger partial charge in [0.1, 0.15) is 0 Å². The number of rotatable bonds is 1. The van der Waals surface area contributed by atoms with Gasteiger partial charge in [0, 0.05) is 13.1 Å².